The van der Waals surface area contributed by atoms with E-state index in [9.17, 15) is 4.79 Å². The highest BCUT2D eigenvalue weighted by Gasteiger charge is 2.16. The number of ether oxygens (including phenoxy) is 1. The maximum atomic E-state index is 11.5. The zero-order valence-corrected chi connectivity index (χ0v) is 11.8. The smallest absolute Gasteiger partial charge is 0.320 e. The SMILES string of the molecule is CCOC(=O)CN(CC)CC(CN)c1ccccc1. The van der Waals surface area contributed by atoms with Crippen LogP contribution < -0.4 is 5.73 Å². The number of nitrogens with zero attached hydrogens (tertiary/aromatic N) is 1. The molecule has 0 aliphatic rings. The highest BCUT2D eigenvalue weighted by atomic mass is 16.5. The molecule has 0 radical (unpaired) electrons. The summed E-state index contributed by atoms with van der Waals surface area (Å²) in [5.41, 5.74) is 7.07. The first-order valence-electron chi connectivity index (χ1n) is 6.84. The fraction of sp³-hybridized carbons (Fsp3) is 0.533. The van der Waals surface area contributed by atoms with Crippen molar-refractivity contribution >= 4 is 5.97 Å². The monoisotopic (exact) mass is 264 g/mol. The average Bonchev–Trinajstić information content (AvgIpc) is 2.44. The molecule has 1 rings (SSSR count). The van der Waals surface area contributed by atoms with E-state index in [4.69, 9.17) is 10.5 Å². The minimum absolute atomic E-state index is 0.173. The van der Waals surface area contributed by atoms with E-state index in [0.29, 0.717) is 19.7 Å². The van der Waals surface area contributed by atoms with Crippen LogP contribution in [0.2, 0.25) is 0 Å². The third-order valence-electron chi connectivity index (χ3n) is 3.14. The van der Waals surface area contributed by atoms with Crippen LogP contribution in [0.1, 0.15) is 25.3 Å². The van der Waals surface area contributed by atoms with Crippen LogP contribution in [0.4, 0.5) is 0 Å². The molecule has 2 N–H and O–H groups in total. The number of rotatable bonds is 8. The van der Waals surface area contributed by atoms with Crippen molar-refractivity contribution in [2.75, 3.05) is 32.8 Å². The molecule has 4 heteroatoms. The fourth-order valence-corrected chi connectivity index (χ4v) is 2.05. The van der Waals surface area contributed by atoms with Crippen molar-refractivity contribution in [3.63, 3.8) is 0 Å². The van der Waals surface area contributed by atoms with Crippen LogP contribution in [0.15, 0.2) is 30.3 Å². The number of nitrogens with two attached hydrogens (primary N) is 1. The van der Waals surface area contributed by atoms with Gasteiger partial charge in [0, 0.05) is 19.0 Å². The van der Waals surface area contributed by atoms with Crippen molar-refractivity contribution in [1.29, 1.82) is 0 Å². The molecular formula is C15H24N2O2. The Balaban J connectivity index is 2.60. The van der Waals surface area contributed by atoms with Crippen LogP contribution in [0.3, 0.4) is 0 Å². The van der Waals surface area contributed by atoms with E-state index in [1.165, 1.54) is 5.56 Å². The number of carbonyl (C=O) groups excluding carboxylic acids is 1. The van der Waals surface area contributed by atoms with Crippen LogP contribution >= 0.6 is 0 Å². The third-order valence-corrected chi connectivity index (χ3v) is 3.14. The van der Waals surface area contributed by atoms with Crippen LogP contribution in [-0.4, -0.2) is 43.7 Å². The van der Waals surface area contributed by atoms with E-state index in [1.807, 2.05) is 32.0 Å². The molecule has 0 saturated carbocycles. The van der Waals surface area contributed by atoms with Gasteiger partial charge in [-0.25, -0.2) is 0 Å². The predicted molar refractivity (Wildman–Crippen MR) is 77.0 cm³/mol. The zero-order chi connectivity index (χ0) is 14.1. The standard InChI is InChI=1S/C15H24N2O2/c1-3-17(12-15(18)19-4-2)11-14(10-16)13-8-6-5-7-9-13/h5-9,14H,3-4,10-12,16H2,1-2H3. The quantitative estimate of drug-likeness (QED) is 0.725. The molecule has 0 bridgehead atoms. The van der Waals surface area contributed by atoms with Gasteiger partial charge in [-0.2, -0.15) is 0 Å². The minimum atomic E-state index is -0.173. The highest BCUT2D eigenvalue weighted by molar-refractivity contribution is 5.71. The molecule has 19 heavy (non-hydrogen) atoms. The Hall–Kier alpha value is -1.39. The summed E-state index contributed by atoms with van der Waals surface area (Å²) < 4.78 is 4.98. The Morgan fingerprint density at radius 3 is 2.53 bits per heavy atom. The molecular weight excluding hydrogens is 240 g/mol. The maximum Gasteiger partial charge on any atom is 0.320 e. The van der Waals surface area contributed by atoms with Gasteiger partial charge in [-0.1, -0.05) is 37.3 Å². The molecule has 1 unspecified atom stereocenters. The molecule has 106 valence electrons. The van der Waals surface area contributed by atoms with E-state index < -0.39 is 0 Å². The second-order valence-electron chi connectivity index (χ2n) is 4.48. The molecule has 0 amide bonds. The summed E-state index contributed by atoms with van der Waals surface area (Å²) in [5, 5.41) is 0. The number of benzene rings is 1. The van der Waals surface area contributed by atoms with Crippen molar-refractivity contribution < 1.29 is 9.53 Å². The van der Waals surface area contributed by atoms with Gasteiger partial charge in [0.2, 0.25) is 0 Å². The normalized spacial score (nSPS) is 12.4. The molecule has 1 atom stereocenters. The van der Waals surface area contributed by atoms with Gasteiger partial charge in [-0.05, 0) is 19.0 Å². The number of esters is 1. The van der Waals surface area contributed by atoms with Gasteiger partial charge in [-0.3, -0.25) is 9.69 Å². The lowest BCUT2D eigenvalue weighted by Gasteiger charge is -2.25. The van der Waals surface area contributed by atoms with E-state index in [1.54, 1.807) is 0 Å². The van der Waals surface area contributed by atoms with Crippen LogP contribution in [0.5, 0.6) is 0 Å². The Kier molecular flexibility index (Phi) is 7.15. The van der Waals surface area contributed by atoms with Crippen LogP contribution in [-0.2, 0) is 9.53 Å². The lowest BCUT2D eigenvalue weighted by Crippen LogP contribution is -2.36. The van der Waals surface area contributed by atoms with E-state index in [2.05, 4.69) is 17.0 Å². The summed E-state index contributed by atoms with van der Waals surface area (Å²) in [6, 6.07) is 10.2. The van der Waals surface area contributed by atoms with Crippen molar-refractivity contribution in [1.82, 2.24) is 4.90 Å². The van der Waals surface area contributed by atoms with Gasteiger partial charge in [0.1, 0.15) is 0 Å². The molecule has 1 aromatic rings. The summed E-state index contributed by atoms with van der Waals surface area (Å²) in [5.74, 6) is 0.0729. The first-order valence-corrected chi connectivity index (χ1v) is 6.84. The second-order valence-corrected chi connectivity index (χ2v) is 4.48. The molecule has 0 spiro atoms. The van der Waals surface area contributed by atoms with Gasteiger partial charge in [0.25, 0.3) is 0 Å². The lowest BCUT2D eigenvalue weighted by molar-refractivity contribution is -0.144. The summed E-state index contributed by atoms with van der Waals surface area (Å²) in [7, 11) is 0. The summed E-state index contributed by atoms with van der Waals surface area (Å²) in [6.45, 7) is 6.77. The zero-order valence-electron chi connectivity index (χ0n) is 11.8. The number of likely N-dealkylation sites (N-methyl/N-ethyl adjacent to an activating group) is 1. The molecule has 0 heterocycles. The van der Waals surface area contributed by atoms with Crippen molar-refractivity contribution in [3.8, 4) is 0 Å². The predicted octanol–water partition coefficient (Wildman–Crippen LogP) is 1.61. The maximum absolute atomic E-state index is 11.5. The Bertz CT molecular complexity index is 368. The van der Waals surface area contributed by atoms with Gasteiger partial charge in [0.15, 0.2) is 0 Å². The minimum Gasteiger partial charge on any atom is -0.465 e. The molecule has 0 fully saturated rings. The molecule has 0 saturated heterocycles. The summed E-state index contributed by atoms with van der Waals surface area (Å²) >= 11 is 0. The summed E-state index contributed by atoms with van der Waals surface area (Å²) in [4.78, 5) is 13.6. The number of hydrogen-bond donors (Lipinski definition) is 1. The molecule has 0 aromatic heterocycles. The molecule has 0 aliphatic heterocycles. The first kappa shape index (κ1) is 15.7. The van der Waals surface area contributed by atoms with E-state index in [0.717, 1.165) is 13.1 Å². The molecule has 0 aliphatic carbocycles. The molecule has 1 aromatic carbocycles. The molecule has 4 nitrogen and oxygen atoms in total. The largest absolute Gasteiger partial charge is 0.465 e. The highest BCUT2D eigenvalue weighted by Crippen LogP contribution is 2.15. The number of carbonyl (C=O) groups is 1. The topological polar surface area (TPSA) is 55.6 Å². The fourth-order valence-electron chi connectivity index (χ4n) is 2.05. The van der Waals surface area contributed by atoms with Crippen LogP contribution in [0.25, 0.3) is 0 Å². The average molecular weight is 264 g/mol. The van der Waals surface area contributed by atoms with E-state index >= 15 is 0 Å². The van der Waals surface area contributed by atoms with Crippen molar-refractivity contribution in [2.24, 2.45) is 5.73 Å². The number of hydrogen-bond acceptors (Lipinski definition) is 4. The van der Waals surface area contributed by atoms with Gasteiger partial charge in [-0.15, -0.1) is 0 Å². The Labute approximate surface area is 115 Å². The Morgan fingerprint density at radius 1 is 1.32 bits per heavy atom. The van der Waals surface area contributed by atoms with Crippen LogP contribution in [0, 0.1) is 0 Å². The third kappa shape index (κ3) is 5.41. The second kappa shape index (κ2) is 8.67. The van der Waals surface area contributed by atoms with Crippen molar-refractivity contribution in [3.05, 3.63) is 35.9 Å². The van der Waals surface area contributed by atoms with Gasteiger partial charge >= 0.3 is 5.97 Å². The van der Waals surface area contributed by atoms with Gasteiger partial charge in [0.05, 0.1) is 13.2 Å². The lowest BCUT2D eigenvalue weighted by atomic mass is 9.98. The first-order chi connectivity index (χ1) is 9.21. The summed E-state index contributed by atoms with van der Waals surface area (Å²) in [6.07, 6.45) is 0. The van der Waals surface area contributed by atoms with Gasteiger partial charge < -0.3 is 10.5 Å². The van der Waals surface area contributed by atoms with E-state index in [-0.39, 0.29) is 11.9 Å². The van der Waals surface area contributed by atoms with Crippen molar-refractivity contribution in [2.45, 2.75) is 19.8 Å². The Morgan fingerprint density at radius 2 is 2.00 bits per heavy atom.